The predicted octanol–water partition coefficient (Wildman–Crippen LogP) is 6.35. The highest BCUT2D eigenvalue weighted by Crippen LogP contribution is 2.25. The quantitative estimate of drug-likeness (QED) is 0.627. The third-order valence-corrected chi connectivity index (χ3v) is 5.96. The number of aromatic nitrogens is 2. The summed E-state index contributed by atoms with van der Waals surface area (Å²) in [5.74, 6) is -0.0876. The molecular weight excluding hydrogens is 381 g/mol. The van der Waals surface area contributed by atoms with E-state index < -0.39 is 0 Å². The first kappa shape index (κ1) is 20.5. The second-order valence-electron chi connectivity index (χ2n) is 7.68. The fourth-order valence-corrected chi connectivity index (χ4v) is 4.53. The zero-order valence-electron chi connectivity index (χ0n) is 16.1. The van der Waals surface area contributed by atoms with E-state index in [9.17, 15) is 4.79 Å². The van der Waals surface area contributed by atoms with Crippen molar-refractivity contribution in [2.75, 3.05) is 0 Å². The molecule has 0 aromatic carbocycles. The van der Waals surface area contributed by atoms with Crippen molar-refractivity contribution in [3.8, 4) is 0 Å². The van der Waals surface area contributed by atoms with Crippen LogP contribution in [0.2, 0.25) is 10.0 Å². The SMILES string of the molecule is Cc1nc2c(Cl)cc(Cl)cn2c1C(=O)NC1CCCCCCCCCCC1. The van der Waals surface area contributed by atoms with Gasteiger partial charge < -0.3 is 5.32 Å². The molecule has 27 heavy (non-hydrogen) atoms. The van der Waals surface area contributed by atoms with Crippen LogP contribution in [0.1, 0.15) is 86.8 Å². The van der Waals surface area contributed by atoms with Crippen molar-refractivity contribution in [3.05, 3.63) is 33.7 Å². The van der Waals surface area contributed by atoms with Gasteiger partial charge in [0.2, 0.25) is 0 Å². The highest BCUT2D eigenvalue weighted by Gasteiger charge is 2.21. The number of hydrogen-bond acceptors (Lipinski definition) is 2. The first-order valence-corrected chi connectivity index (χ1v) is 11.0. The van der Waals surface area contributed by atoms with Gasteiger partial charge in [-0.1, -0.05) is 81.0 Å². The average molecular weight is 410 g/mol. The lowest BCUT2D eigenvalue weighted by Crippen LogP contribution is -2.36. The lowest BCUT2D eigenvalue weighted by Gasteiger charge is -2.19. The fraction of sp³-hybridized carbons (Fsp3) is 0.619. The molecule has 1 saturated carbocycles. The molecule has 1 N–H and O–H groups in total. The number of halogens is 2. The van der Waals surface area contributed by atoms with Gasteiger partial charge in [0.1, 0.15) is 5.69 Å². The molecule has 2 aromatic rings. The lowest BCUT2D eigenvalue weighted by atomic mass is 9.98. The molecule has 0 bridgehead atoms. The number of carbonyl (C=O) groups is 1. The average Bonchev–Trinajstić information content (AvgIpc) is 2.93. The Balaban J connectivity index is 1.74. The monoisotopic (exact) mass is 409 g/mol. The first-order valence-electron chi connectivity index (χ1n) is 10.2. The molecule has 2 heterocycles. The molecule has 6 heteroatoms. The highest BCUT2D eigenvalue weighted by molar-refractivity contribution is 6.36. The van der Waals surface area contributed by atoms with E-state index in [1.165, 1.54) is 57.8 Å². The van der Waals surface area contributed by atoms with Crippen molar-refractivity contribution in [1.82, 2.24) is 14.7 Å². The molecule has 148 valence electrons. The van der Waals surface area contributed by atoms with Gasteiger partial charge in [-0.05, 0) is 25.8 Å². The van der Waals surface area contributed by atoms with Crippen molar-refractivity contribution in [2.24, 2.45) is 0 Å². The van der Waals surface area contributed by atoms with Crippen molar-refractivity contribution >= 4 is 34.8 Å². The van der Waals surface area contributed by atoms with Gasteiger partial charge in [-0.25, -0.2) is 4.98 Å². The molecule has 1 amide bonds. The summed E-state index contributed by atoms with van der Waals surface area (Å²) < 4.78 is 1.71. The second-order valence-corrected chi connectivity index (χ2v) is 8.52. The zero-order valence-corrected chi connectivity index (χ0v) is 17.6. The summed E-state index contributed by atoms with van der Waals surface area (Å²) in [6.07, 6.45) is 15.3. The largest absolute Gasteiger partial charge is 0.348 e. The minimum atomic E-state index is -0.0876. The van der Waals surface area contributed by atoms with E-state index in [4.69, 9.17) is 23.2 Å². The number of carbonyl (C=O) groups excluding carboxylic acids is 1. The molecule has 0 radical (unpaired) electrons. The number of rotatable bonds is 2. The number of hydrogen-bond donors (Lipinski definition) is 1. The van der Waals surface area contributed by atoms with Gasteiger partial charge in [0.05, 0.1) is 15.7 Å². The van der Waals surface area contributed by atoms with Gasteiger partial charge in [0.15, 0.2) is 5.65 Å². The molecule has 1 aliphatic rings. The molecule has 3 rings (SSSR count). The van der Waals surface area contributed by atoms with Crippen molar-refractivity contribution in [2.45, 2.75) is 83.6 Å². The topological polar surface area (TPSA) is 46.4 Å². The van der Waals surface area contributed by atoms with Crippen LogP contribution >= 0.6 is 23.2 Å². The van der Waals surface area contributed by atoms with E-state index in [2.05, 4.69) is 10.3 Å². The lowest BCUT2D eigenvalue weighted by molar-refractivity contribution is 0.0924. The Bertz CT molecular complexity index is 775. The Labute approximate surface area is 171 Å². The predicted molar refractivity (Wildman–Crippen MR) is 112 cm³/mol. The van der Waals surface area contributed by atoms with Crippen LogP contribution in [0.4, 0.5) is 0 Å². The number of imidazole rings is 1. The maximum absolute atomic E-state index is 13.0. The fourth-order valence-electron chi connectivity index (χ4n) is 4.02. The van der Waals surface area contributed by atoms with Gasteiger partial charge in [0, 0.05) is 12.2 Å². The van der Waals surface area contributed by atoms with E-state index in [1.807, 2.05) is 6.92 Å². The van der Waals surface area contributed by atoms with E-state index in [1.54, 1.807) is 16.7 Å². The van der Waals surface area contributed by atoms with Crippen LogP contribution in [0.25, 0.3) is 5.65 Å². The Hall–Kier alpha value is -1.26. The Morgan fingerprint density at radius 3 is 2.19 bits per heavy atom. The third-order valence-electron chi connectivity index (χ3n) is 5.47. The minimum Gasteiger partial charge on any atom is -0.348 e. The Morgan fingerprint density at radius 1 is 1.04 bits per heavy atom. The summed E-state index contributed by atoms with van der Waals surface area (Å²) in [6.45, 7) is 1.84. The number of nitrogens with zero attached hydrogens (tertiary/aromatic N) is 2. The highest BCUT2D eigenvalue weighted by atomic mass is 35.5. The number of nitrogens with one attached hydrogen (secondary N) is 1. The molecular formula is C21H29Cl2N3O. The van der Waals surface area contributed by atoms with Gasteiger partial charge in [0.25, 0.3) is 5.91 Å². The third kappa shape index (κ3) is 5.39. The number of pyridine rings is 1. The van der Waals surface area contributed by atoms with Crippen LogP contribution in [-0.4, -0.2) is 21.3 Å². The van der Waals surface area contributed by atoms with Gasteiger partial charge >= 0.3 is 0 Å². The van der Waals surface area contributed by atoms with Crippen molar-refractivity contribution in [3.63, 3.8) is 0 Å². The summed E-state index contributed by atoms with van der Waals surface area (Å²) in [6, 6.07) is 1.87. The molecule has 4 nitrogen and oxygen atoms in total. The van der Waals surface area contributed by atoms with Crippen LogP contribution < -0.4 is 5.32 Å². The maximum atomic E-state index is 13.0. The van der Waals surface area contributed by atoms with E-state index in [-0.39, 0.29) is 11.9 Å². The standard InChI is InChI=1S/C21H29Cl2N3O/c1-15-19(26-14-16(22)13-18(23)20(26)24-15)21(27)25-17-11-9-7-5-3-2-4-6-8-10-12-17/h13-14,17H,2-12H2,1H3,(H,25,27). The van der Waals surface area contributed by atoms with E-state index in [0.717, 1.165) is 12.8 Å². The maximum Gasteiger partial charge on any atom is 0.270 e. The smallest absolute Gasteiger partial charge is 0.270 e. The molecule has 1 fully saturated rings. The summed E-state index contributed by atoms with van der Waals surface area (Å²) in [5.41, 5.74) is 1.77. The first-order chi connectivity index (χ1) is 13.1. The summed E-state index contributed by atoms with van der Waals surface area (Å²) in [4.78, 5) is 17.5. The van der Waals surface area contributed by atoms with E-state index >= 15 is 0 Å². The molecule has 0 saturated heterocycles. The number of fused-ring (bicyclic) bond motifs is 1. The Kier molecular flexibility index (Phi) is 7.42. The van der Waals surface area contributed by atoms with Crippen LogP contribution in [0.5, 0.6) is 0 Å². The van der Waals surface area contributed by atoms with Crippen LogP contribution in [0, 0.1) is 6.92 Å². The Morgan fingerprint density at radius 2 is 1.59 bits per heavy atom. The van der Waals surface area contributed by atoms with Crippen LogP contribution in [0.3, 0.4) is 0 Å². The van der Waals surface area contributed by atoms with Gasteiger partial charge in [-0.3, -0.25) is 9.20 Å². The summed E-state index contributed by atoms with van der Waals surface area (Å²) in [5, 5.41) is 4.20. The van der Waals surface area contributed by atoms with Crippen molar-refractivity contribution in [1.29, 1.82) is 0 Å². The number of aryl methyl sites for hydroxylation is 1. The zero-order chi connectivity index (χ0) is 19.2. The second kappa shape index (κ2) is 9.79. The van der Waals surface area contributed by atoms with Crippen LogP contribution in [-0.2, 0) is 0 Å². The van der Waals surface area contributed by atoms with E-state index in [0.29, 0.717) is 27.1 Å². The molecule has 0 atom stereocenters. The molecule has 0 unspecified atom stereocenters. The van der Waals surface area contributed by atoms with Crippen LogP contribution in [0.15, 0.2) is 12.3 Å². The normalized spacial score (nSPS) is 18.0. The van der Waals surface area contributed by atoms with Gasteiger partial charge in [-0.15, -0.1) is 0 Å². The molecule has 0 aliphatic heterocycles. The number of amides is 1. The van der Waals surface area contributed by atoms with Gasteiger partial charge in [-0.2, -0.15) is 0 Å². The molecule has 2 aromatic heterocycles. The summed E-state index contributed by atoms with van der Waals surface area (Å²) in [7, 11) is 0. The summed E-state index contributed by atoms with van der Waals surface area (Å²) >= 11 is 12.4. The molecule has 0 spiro atoms. The van der Waals surface area contributed by atoms with Crippen molar-refractivity contribution < 1.29 is 4.79 Å². The minimum absolute atomic E-state index is 0.0876. The molecule has 1 aliphatic carbocycles.